The second-order valence-corrected chi connectivity index (χ2v) is 5.71. The van der Waals surface area contributed by atoms with Gasteiger partial charge in [-0.1, -0.05) is 38.7 Å². The van der Waals surface area contributed by atoms with Crippen LogP contribution in [0.25, 0.3) is 0 Å². The molecule has 0 spiro atoms. The normalized spacial score (nSPS) is 11.4. The Labute approximate surface area is 112 Å². The van der Waals surface area contributed by atoms with Gasteiger partial charge in [-0.2, -0.15) is 0 Å². The van der Waals surface area contributed by atoms with Gasteiger partial charge in [-0.15, -0.1) is 0 Å². The Balaban J connectivity index is -0.000000219. The Kier molecular flexibility index (Phi) is 15.9. The molecule has 0 heterocycles. The van der Waals surface area contributed by atoms with Gasteiger partial charge in [0.1, 0.15) is 0 Å². The zero-order chi connectivity index (χ0) is 16.1. The minimum atomic E-state index is -4.64. The predicted octanol–water partition coefficient (Wildman–Crippen LogP) is 1.31. The third kappa shape index (κ3) is 134. The van der Waals surface area contributed by atoms with E-state index in [4.69, 9.17) is 38.5 Å². The second-order valence-electron chi connectivity index (χ2n) is 3.66. The zero-order valence-corrected chi connectivity index (χ0v) is 12.6. The van der Waals surface area contributed by atoms with E-state index in [1.807, 2.05) is 12.2 Å². The van der Waals surface area contributed by atoms with E-state index in [-0.39, 0.29) is 0 Å². The lowest BCUT2D eigenvalue weighted by Crippen LogP contribution is -1.83. The molecule has 0 aromatic heterocycles. The smallest absolute Gasteiger partial charge is 0.303 e. The summed E-state index contributed by atoms with van der Waals surface area (Å²) in [5, 5.41) is 0. The Hall–Kier alpha value is -0.300. The minimum Gasteiger partial charge on any atom is -0.303 e. The summed E-state index contributed by atoms with van der Waals surface area (Å²) in [7, 11) is -9.28. The van der Waals surface area contributed by atoms with Gasteiger partial charge in [0, 0.05) is 0 Å². The molecule has 0 bridgehead atoms. The summed E-state index contributed by atoms with van der Waals surface area (Å²) in [5.41, 5.74) is 0. The molecule has 0 saturated heterocycles. The number of phosphoric acid groups is 2. The first-order valence-corrected chi connectivity index (χ1v) is 8.24. The highest BCUT2D eigenvalue weighted by Gasteiger charge is 2.00. The van der Waals surface area contributed by atoms with Crippen LogP contribution in [0.3, 0.4) is 0 Å². The molecular weight excluding hydrogens is 298 g/mol. The van der Waals surface area contributed by atoms with E-state index in [0.717, 1.165) is 5.92 Å². The molecule has 0 rings (SSSR count). The van der Waals surface area contributed by atoms with Crippen LogP contribution in [-0.2, 0) is 9.13 Å². The van der Waals surface area contributed by atoms with E-state index in [2.05, 4.69) is 26.5 Å². The number of allylic oxidation sites excluding steroid dienone is 3. The predicted molar refractivity (Wildman–Crippen MR) is 71.9 cm³/mol. The molecule has 0 amide bonds. The molecule has 0 aromatic rings. The molecule has 0 aliphatic carbocycles. The first-order valence-electron chi connectivity index (χ1n) is 5.11. The van der Waals surface area contributed by atoms with Crippen LogP contribution < -0.4 is 0 Å². The van der Waals surface area contributed by atoms with Gasteiger partial charge in [-0.3, -0.25) is 0 Å². The third-order valence-electron chi connectivity index (χ3n) is 1.18. The van der Waals surface area contributed by atoms with Crippen molar-refractivity contribution in [2.45, 2.75) is 26.7 Å². The highest BCUT2D eigenvalue weighted by molar-refractivity contribution is 7.45. The lowest BCUT2D eigenvalue weighted by Gasteiger charge is -1.97. The third-order valence-corrected chi connectivity index (χ3v) is 1.18. The maximum absolute atomic E-state index is 8.88. The van der Waals surface area contributed by atoms with Crippen LogP contribution in [0.5, 0.6) is 0 Å². The molecule has 0 radical (unpaired) electrons. The average Bonchev–Trinajstić information content (AvgIpc) is 2.06. The molecule has 0 aromatic carbocycles. The van der Waals surface area contributed by atoms with Crippen LogP contribution in [0.1, 0.15) is 26.7 Å². The van der Waals surface area contributed by atoms with Gasteiger partial charge in [-0.05, 0) is 18.8 Å². The monoisotopic (exact) mass is 320 g/mol. The minimum absolute atomic E-state index is 0.819. The van der Waals surface area contributed by atoms with Gasteiger partial charge in [0.25, 0.3) is 0 Å². The molecule has 0 aliphatic rings. The Bertz CT molecular complexity index is 291. The number of hydrogen-bond donors (Lipinski definition) is 6. The van der Waals surface area contributed by atoms with E-state index in [1.54, 1.807) is 0 Å². The Morgan fingerprint density at radius 3 is 1.53 bits per heavy atom. The van der Waals surface area contributed by atoms with Crippen molar-refractivity contribution in [3.8, 4) is 0 Å². The van der Waals surface area contributed by atoms with Crippen molar-refractivity contribution in [3.63, 3.8) is 0 Å². The highest BCUT2D eigenvalue weighted by atomic mass is 31.2. The number of rotatable bonds is 4. The first-order chi connectivity index (χ1) is 8.27. The van der Waals surface area contributed by atoms with Gasteiger partial charge < -0.3 is 29.4 Å². The summed E-state index contributed by atoms with van der Waals surface area (Å²) >= 11 is 0. The van der Waals surface area contributed by atoms with E-state index < -0.39 is 15.6 Å². The largest absolute Gasteiger partial charge is 0.466 e. The van der Waals surface area contributed by atoms with Crippen molar-refractivity contribution in [1.29, 1.82) is 0 Å². The fourth-order valence-electron chi connectivity index (χ4n) is 0.622. The maximum Gasteiger partial charge on any atom is 0.466 e. The molecule has 19 heavy (non-hydrogen) atoms. The van der Waals surface area contributed by atoms with Crippen LogP contribution in [-0.4, -0.2) is 29.4 Å². The molecule has 0 fully saturated rings. The molecule has 0 unspecified atom stereocenters. The quantitative estimate of drug-likeness (QED) is 0.334. The van der Waals surface area contributed by atoms with E-state index >= 15 is 0 Å². The molecule has 10 heteroatoms. The maximum atomic E-state index is 8.88. The topological polar surface area (TPSA) is 156 Å². The summed E-state index contributed by atoms with van der Waals surface area (Å²) in [6, 6.07) is 0. The lowest BCUT2D eigenvalue weighted by atomic mass is 10.1. The summed E-state index contributed by atoms with van der Waals surface area (Å²) in [6.07, 6.45) is 8.45. The first kappa shape index (κ1) is 23.8. The van der Waals surface area contributed by atoms with Crippen molar-refractivity contribution < 1.29 is 38.5 Å². The molecule has 0 atom stereocenters. The lowest BCUT2D eigenvalue weighted by molar-refractivity contribution is 0.272. The van der Waals surface area contributed by atoms with Gasteiger partial charge >= 0.3 is 15.6 Å². The molecule has 0 saturated carbocycles. The van der Waals surface area contributed by atoms with Gasteiger partial charge in [0.05, 0.1) is 0 Å². The molecular formula is C9H22O8P2. The summed E-state index contributed by atoms with van der Waals surface area (Å²) in [5.74, 6) is 0.819. The van der Waals surface area contributed by atoms with Crippen molar-refractivity contribution >= 4 is 15.6 Å². The van der Waals surface area contributed by atoms with Gasteiger partial charge in [0.2, 0.25) is 0 Å². The second kappa shape index (κ2) is 12.7. The molecule has 8 nitrogen and oxygen atoms in total. The fourth-order valence-corrected chi connectivity index (χ4v) is 0.622. The van der Waals surface area contributed by atoms with Crippen molar-refractivity contribution in [2.24, 2.45) is 5.92 Å². The summed E-state index contributed by atoms with van der Waals surface area (Å²) in [4.78, 5) is 43.1. The van der Waals surface area contributed by atoms with Crippen molar-refractivity contribution in [1.82, 2.24) is 0 Å². The molecule has 116 valence electrons. The van der Waals surface area contributed by atoms with Crippen molar-refractivity contribution in [2.75, 3.05) is 0 Å². The standard InChI is InChI=1S/C9H16.2H3O4P/c1-4-5-6-7-8-9(2)3;2*1-5(2,3)4/h4-6,9H,1,7-8H2,2-3H3;2*(H3,1,2,3,4). The highest BCUT2D eigenvalue weighted by Crippen LogP contribution is 2.26. The molecule has 6 N–H and O–H groups in total. The van der Waals surface area contributed by atoms with Crippen LogP contribution >= 0.6 is 15.6 Å². The average molecular weight is 320 g/mol. The van der Waals surface area contributed by atoms with Gasteiger partial charge in [0.15, 0.2) is 0 Å². The van der Waals surface area contributed by atoms with Gasteiger partial charge in [-0.25, -0.2) is 9.13 Å². The molecule has 0 aliphatic heterocycles. The summed E-state index contributed by atoms with van der Waals surface area (Å²) in [6.45, 7) is 8.07. The fraction of sp³-hybridized carbons (Fsp3) is 0.556. The van der Waals surface area contributed by atoms with Crippen molar-refractivity contribution in [3.05, 3.63) is 24.8 Å². The SMILES string of the molecule is C=CC=CCCC(C)C.O=P(O)(O)O.O=P(O)(O)O. The van der Waals surface area contributed by atoms with Crippen LogP contribution in [0.2, 0.25) is 0 Å². The Morgan fingerprint density at radius 2 is 1.32 bits per heavy atom. The number of hydrogen-bond acceptors (Lipinski definition) is 2. The van der Waals surface area contributed by atoms with Crippen LogP contribution in [0, 0.1) is 5.92 Å². The zero-order valence-electron chi connectivity index (χ0n) is 10.8. The summed E-state index contributed by atoms with van der Waals surface area (Å²) < 4.78 is 17.8. The van der Waals surface area contributed by atoms with Crippen LogP contribution in [0.15, 0.2) is 24.8 Å². The van der Waals surface area contributed by atoms with Crippen LogP contribution in [0.4, 0.5) is 0 Å². The Morgan fingerprint density at radius 1 is 1.00 bits per heavy atom. The van der Waals surface area contributed by atoms with E-state index in [1.165, 1.54) is 12.8 Å². The van der Waals surface area contributed by atoms with E-state index in [9.17, 15) is 0 Å². The van der Waals surface area contributed by atoms with E-state index in [0.29, 0.717) is 0 Å².